The van der Waals surface area contributed by atoms with E-state index in [9.17, 15) is 13.9 Å². The molecule has 3 nitrogen and oxygen atoms in total. The Morgan fingerprint density at radius 2 is 1.84 bits per heavy atom. The van der Waals surface area contributed by atoms with Crippen molar-refractivity contribution in [2.24, 2.45) is 11.8 Å². The van der Waals surface area contributed by atoms with Gasteiger partial charge in [-0.3, -0.25) is 4.90 Å². The molecular formula is C20H30F2N2O. The predicted octanol–water partition coefficient (Wildman–Crippen LogP) is 3.75. The normalized spacial score (nSPS) is 21.7. The molecule has 1 aromatic carbocycles. The number of hydrogen-bond donors (Lipinski definition) is 1. The van der Waals surface area contributed by atoms with Gasteiger partial charge in [0.15, 0.2) is 0 Å². The molecule has 0 spiro atoms. The van der Waals surface area contributed by atoms with Crippen molar-refractivity contribution in [3.05, 3.63) is 29.3 Å². The minimum atomic E-state index is -2.17. The first kappa shape index (κ1) is 18.6. The van der Waals surface area contributed by atoms with E-state index < -0.39 is 12.3 Å². The van der Waals surface area contributed by atoms with Gasteiger partial charge in [-0.2, -0.15) is 0 Å². The third kappa shape index (κ3) is 4.50. The van der Waals surface area contributed by atoms with Gasteiger partial charge in [-0.05, 0) is 61.5 Å². The van der Waals surface area contributed by atoms with E-state index in [1.807, 2.05) is 12.1 Å². The zero-order valence-electron chi connectivity index (χ0n) is 15.3. The molecule has 1 N–H and O–H groups in total. The van der Waals surface area contributed by atoms with E-state index in [4.69, 9.17) is 0 Å². The zero-order valence-corrected chi connectivity index (χ0v) is 15.3. The molecule has 0 amide bonds. The summed E-state index contributed by atoms with van der Waals surface area (Å²) in [6.07, 6.45) is 0.0549. The number of rotatable bonds is 5. The van der Waals surface area contributed by atoms with E-state index >= 15 is 0 Å². The molecule has 1 atom stereocenters. The van der Waals surface area contributed by atoms with Crippen molar-refractivity contribution in [2.75, 3.05) is 26.2 Å². The summed E-state index contributed by atoms with van der Waals surface area (Å²) in [6, 6.07) is 6.09. The van der Waals surface area contributed by atoms with Gasteiger partial charge < -0.3 is 10.0 Å². The minimum Gasteiger partial charge on any atom is -0.508 e. The zero-order chi connectivity index (χ0) is 18.0. The minimum absolute atomic E-state index is 0.329. The molecule has 1 aromatic rings. The lowest BCUT2D eigenvalue weighted by Crippen LogP contribution is -2.50. The highest BCUT2D eigenvalue weighted by Crippen LogP contribution is 2.28. The van der Waals surface area contributed by atoms with Crippen LogP contribution in [0.15, 0.2) is 18.2 Å². The third-order valence-electron chi connectivity index (χ3n) is 5.90. The highest BCUT2D eigenvalue weighted by molar-refractivity contribution is 5.36. The number of hydrogen-bond acceptors (Lipinski definition) is 3. The van der Waals surface area contributed by atoms with Crippen LogP contribution in [-0.4, -0.2) is 53.6 Å². The Balaban J connectivity index is 1.62. The van der Waals surface area contributed by atoms with Crippen molar-refractivity contribution >= 4 is 0 Å². The topological polar surface area (TPSA) is 26.7 Å². The van der Waals surface area contributed by atoms with Crippen LogP contribution in [0.2, 0.25) is 0 Å². The van der Waals surface area contributed by atoms with Gasteiger partial charge >= 0.3 is 0 Å². The summed E-state index contributed by atoms with van der Waals surface area (Å²) in [5.41, 5.74) is 2.54. The summed E-state index contributed by atoms with van der Waals surface area (Å²) in [5.74, 6) is 0.418. The molecule has 140 valence electrons. The number of nitrogens with zero attached hydrogens (tertiary/aromatic N) is 2. The first-order valence-electron chi connectivity index (χ1n) is 9.49. The highest BCUT2D eigenvalue weighted by atomic mass is 19.3. The second kappa shape index (κ2) is 8.00. The predicted molar refractivity (Wildman–Crippen MR) is 96.0 cm³/mol. The van der Waals surface area contributed by atoms with Crippen LogP contribution >= 0.6 is 0 Å². The van der Waals surface area contributed by atoms with E-state index in [0.717, 1.165) is 39.1 Å². The maximum atomic E-state index is 12.9. The summed E-state index contributed by atoms with van der Waals surface area (Å²) in [7, 11) is 0. The standard InChI is InChI=1S/C20H30F2N2O/c1-14(2)19(13-23-8-5-16(6-9-23)20(21)22)24-10-7-15-3-4-18(25)11-17(15)12-24/h3-4,11,14,16,19-20,25H,5-10,12-13H2,1-2H3/t19-/m1/s1. The van der Waals surface area contributed by atoms with Gasteiger partial charge in [-0.25, -0.2) is 8.78 Å². The molecule has 1 saturated heterocycles. The molecule has 0 radical (unpaired) electrons. The Morgan fingerprint density at radius 1 is 1.12 bits per heavy atom. The van der Waals surface area contributed by atoms with Crippen molar-refractivity contribution in [3.8, 4) is 5.75 Å². The maximum absolute atomic E-state index is 12.9. The smallest absolute Gasteiger partial charge is 0.241 e. The number of phenolic OH excluding ortho intramolecular Hbond substituents is 1. The quantitative estimate of drug-likeness (QED) is 0.874. The molecule has 3 rings (SSSR count). The monoisotopic (exact) mass is 352 g/mol. The molecule has 0 bridgehead atoms. The molecule has 1 fully saturated rings. The number of benzene rings is 1. The van der Waals surface area contributed by atoms with Crippen LogP contribution in [0.25, 0.3) is 0 Å². The number of alkyl halides is 2. The van der Waals surface area contributed by atoms with Crippen molar-refractivity contribution < 1.29 is 13.9 Å². The van der Waals surface area contributed by atoms with Crippen LogP contribution < -0.4 is 0 Å². The van der Waals surface area contributed by atoms with E-state index in [2.05, 4.69) is 23.6 Å². The number of aromatic hydroxyl groups is 1. The summed E-state index contributed by atoms with van der Waals surface area (Å²) in [5, 5.41) is 9.76. The Labute approximate surface area is 149 Å². The van der Waals surface area contributed by atoms with Crippen molar-refractivity contribution in [2.45, 2.75) is 52.1 Å². The first-order chi connectivity index (χ1) is 11.9. The first-order valence-corrected chi connectivity index (χ1v) is 9.49. The molecule has 5 heteroatoms. The van der Waals surface area contributed by atoms with Crippen LogP contribution in [0.4, 0.5) is 8.78 Å². The lowest BCUT2D eigenvalue weighted by atomic mass is 9.93. The lowest BCUT2D eigenvalue weighted by Gasteiger charge is -2.42. The number of piperidine rings is 1. The molecule has 0 unspecified atom stereocenters. The number of fused-ring (bicyclic) bond motifs is 1. The molecule has 0 aliphatic carbocycles. The Kier molecular flexibility index (Phi) is 5.95. The van der Waals surface area contributed by atoms with Gasteiger partial charge in [0.1, 0.15) is 5.75 Å². The Bertz CT molecular complexity index is 571. The van der Waals surface area contributed by atoms with Crippen LogP contribution in [-0.2, 0) is 13.0 Å². The summed E-state index contributed by atoms with van der Waals surface area (Å²) >= 11 is 0. The largest absolute Gasteiger partial charge is 0.508 e. The maximum Gasteiger partial charge on any atom is 0.241 e. The summed E-state index contributed by atoms with van der Waals surface area (Å²) in [6.45, 7) is 8.88. The van der Waals surface area contributed by atoms with Crippen LogP contribution in [0.5, 0.6) is 5.75 Å². The highest BCUT2D eigenvalue weighted by Gasteiger charge is 2.31. The fraction of sp³-hybridized carbons (Fsp3) is 0.700. The number of halogens is 2. The molecule has 0 aromatic heterocycles. The molecule has 2 heterocycles. The average molecular weight is 352 g/mol. The Hall–Kier alpha value is -1.20. The van der Waals surface area contributed by atoms with Gasteiger partial charge in [-0.15, -0.1) is 0 Å². The van der Waals surface area contributed by atoms with Gasteiger partial charge in [0.05, 0.1) is 0 Å². The van der Waals surface area contributed by atoms with Gasteiger partial charge in [0, 0.05) is 31.6 Å². The van der Waals surface area contributed by atoms with E-state index in [0.29, 0.717) is 30.6 Å². The van der Waals surface area contributed by atoms with E-state index in [-0.39, 0.29) is 0 Å². The molecule has 2 aliphatic heterocycles. The van der Waals surface area contributed by atoms with Gasteiger partial charge in [0.25, 0.3) is 0 Å². The van der Waals surface area contributed by atoms with Crippen molar-refractivity contribution in [3.63, 3.8) is 0 Å². The fourth-order valence-electron chi connectivity index (χ4n) is 4.25. The molecular weight excluding hydrogens is 322 g/mol. The summed E-state index contributed by atoms with van der Waals surface area (Å²) < 4.78 is 25.7. The van der Waals surface area contributed by atoms with E-state index in [1.54, 1.807) is 6.07 Å². The van der Waals surface area contributed by atoms with Crippen molar-refractivity contribution in [1.82, 2.24) is 9.80 Å². The van der Waals surface area contributed by atoms with Crippen LogP contribution in [0.3, 0.4) is 0 Å². The molecule has 2 aliphatic rings. The number of phenols is 1. The SMILES string of the molecule is CC(C)[C@@H](CN1CCC(C(F)F)CC1)N1CCc2ccc(O)cc2C1. The lowest BCUT2D eigenvalue weighted by molar-refractivity contribution is 0.0215. The second-order valence-corrected chi connectivity index (χ2v) is 7.96. The molecule has 0 saturated carbocycles. The molecule has 25 heavy (non-hydrogen) atoms. The second-order valence-electron chi connectivity index (χ2n) is 7.96. The third-order valence-corrected chi connectivity index (χ3v) is 5.90. The van der Waals surface area contributed by atoms with Crippen LogP contribution in [0, 0.1) is 11.8 Å². The Morgan fingerprint density at radius 3 is 2.48 bits per heavy atom. The fourth-order valence-corrected chi connectivity index (χ4v) is 4.25. The van der Waals surface area contributed by atoms with Gasteiger partial charge in [-0.1, -0.05) is 19.9 Å². The number of likely N-dealkylation sites (tertiary alicyclic amines) is 1. The van der Waals surface area contributed by atoms with Crippen molar-refractivity contribution in [1.29, 1.82) is 0 Å². The van der Waals surface area contributed by atoms with Gasteiger partial charge in [0.2, 0.25) is 6.43 Å². The van der Waals surface area contributed by atoms with Crippen LogP contribution in [0.1, 0.15) is 37.8 Å². The summed E-state index contributed by atoms with van der Waals surface area (Å²) in [4.78, 5) is 4.87. The average Bonchev–Trinajstić information content (AvgIpc) is 2.59. The van der Waals surface area contributed by atoms with E-state index in [1.165, 1.54) is 11.1 Å².